The molecule has 0 aromatic heterocycles. The minimum atomic E-state index is -4.88. The predicted octanol–water partition coefficient (Wildman–Crippen LogP) is 2.39. The number of hydrogen-bond donors (Lipinski definition) is 3. The number of rotatable bonds is 2. The van der Waals surface area contributed by atoms with Crippen molar-refractivity contribution in [2.75, 3.05) is 0 Å². The second-order valence-corrected chi connectivity index (χ2v) is 4.90. The lowest BCUT2D eigenvalue weighted by Gasteiger charge is -2.28. The third-order valence-corrected chi connectivity index (χ3v) is 2.74. The number of benzene rings is 1. The summed E-state index contributed by atoms with van der Waals surface area (Å²) in [6.07, 6.45) is -4.88. The van der Waals surface area contributed by atoms with E-state index in [0.717, 1.165) is 18.2 Å². The van der Waals surface area contributed by atoms with Gasteiger partial charge >= 0.3 is 6.18 Å². The quantitative estimate of drug-likeness (QED) is 0.768. The van der Waals surface area contributed by atoms with E-state index in [1.807, 2.05) is 0 Å². The lowest BCUT2D eigenvalue weighted by atomic mass is 9.89. The molecule has 0 aliphatic rings. The summed E-state index contributed by atoms with van der Waals surface area (Å²) in [4.78, 5) is 0. The van der Waals surface area contributed by atoms with Crippen LogP contribution in [0.4, 0.5) is 13.2 Å². The van der Waals surface area contributed by atoms with E-state index in [1.54, 1.807) is 0 Å². The fourth-order valence-electron chi connectivity index (χ4n) is 1.41. The number of aromatic hydroxyl groups is 1. The number of halogens is 3. The smallest absolute Gasteiger partial charge is 0.421 e. The average molecular weight is 264 g/mol. The van der Waals surface area contributed by atoms with Gasteiger partial charge in [-0.05, 0) is 50.1 Å². The van der Waals surface area contributed by atoms with Crippen molar-refractivity contribution in [1.82, 2.24) is 0 Å². The number of phenolic OH excluding ortho intramolecular Hbond substituents is 1. The van der Waals surface area contributed by atoms with E-state index in [1.165, 1.54) is 13.8 Å². The zero-order valence-corrected chi connectivity index (χ0v) is 10.2. The summed E-state index contributed by atoms with van der Waals surface area (Å²) in [5.41, 5.74) is -4.95. The van der Waals surface area contributed by atoms with Gasteiger partial charge in [0.25, 0.3) is 0 Å². The van der Waals surface area contributed by atoms with E-state index < -0.39 is 28.7 Å². The molecule has 1 aromatic rings. The largest absolute Gasteiger partial charge is 0.508 e. The van der Waals surface area contributed by atoms with Crippen LogP contribution in [-0.4, -0.2) is 21.5 Å². The summed E-state index contributed by atoms with van der Waals surface area (Å²) in [7, 11) is 0. The van der Waals surface area contributed by atoms with Gasteiger partial charge in [0, 0.05) is 0 Å². The third-order valence-electron chi connectivity index (χ3n) is 2.74. The van der Waals surface area contributed by atoms with Gasteiger partial charge in [0.1, 0.15) is 5.75 Å². The van der Waals surface area contributed by atoms with E-state index in [9.17, 15) is 28.5 Å². The molecule has 0 saturated heterocycles. The fourth-order valence-corrected chi connectivity index (χ4v) is 1.41. The summed E-state index contributed by atoms with van der Waals surface area (Å²) in [6.45, 7) is 3.33. The highest BCUT2D eigenvalue weighted by atomic mass is 19.4. The van der Waals surface area contributed by atoms with Crippen LogP contribution in [0.25, 0.3) is 0 Å². The SMILES string of the molecule is CC(C)(O)c1cc(O)cc(C(C)(O)C(F)(F)F)c1. The Morgan fingerprint density at radius 1 is 0.889 bits per heavy atom. The monoisotopic (exact) mass is 264 g/mol. The van der Waals surface area contributed by atoms with Crippen molar-refractivity contribution < 1.29 is 28.5 Å². The maximum Gasteiger partial charge on any atom is 0.421 e. The molecule has 0 amide bonds. The fraction of sp³-hybridized carbons (Fsp3) is 0.500. The van der Waals surface area contributed by atoms with Crippen LogP contribution in [0.2, 0.25) is 0 Å². The molecule has 102 valence electrons. The molecular formula is C12H15F3O3. The summed E-state index contributed by atoms with van der Waals surface area (Å²) in [5.74, 6) is -0.450. The molecule has 1 atom stereocenters. The standard InChI is InChI=1S/C12H15F3O3/c1-10(2,17)7-4-8(6-9(16)5-7)11(3,18)12(13,14)15/h4-6,16-18H,1-3H3. The molecule has 1 unspecified atom stereocenters. The first-order valence-corrected chi connectivity index (χ1v) is 5.22. The number of aliphatic hydroxyl groups is 2. The van der Waals surface area contributed by atoms with Gasteiger partial charge in [-0.2, -0.15) is 13.2 Å². The Balaban J connectivity index is 3.40. The summed E-state index contributed by atoms with van der Waals surface area (Å²) < 4.78 is 38.1. The molecular weight excluding hydrogens is 249 g/mol. The normalized spacial score (nSPS) is 16.4. The van der Waals surface area contributed by atoms with Crippen molar-refractivity contribution in [2.45, 2.75) is 38.1 Å². The van der Waals surface area contributed by atoms with Crippen LogP contribution < -0.4 is 0 Å². The maximum atomic E-state index is 12.7. The van der Waals surface area contributed by atoms with Crippen LogP contribution in [-0.2, 0) is 11.2 Å². The topological polar surface area (TPSA) is 60.7 Å². The molecule has 1 rings (SSSR count). The molecule has 18 heavy (non-hydrogen) atoms. The number of phenols is 1. The van der Waals surface area contributed by atoms with Gasteiger partial charge in [0.15, 0.2) is 5.60 Å². The average Bonchev–Trinajstić information content (AvgIpc) is 2.13. The van der Waals surface area contributed by atoms with E-state index in [-0.39, 0.29) is 5.56 Å². The molecule has 0 saturated carbocycles. The predicted molar refractivity (Wildman–Crippen MR) is 59.0 cm³/mol. The van der Waals surface area contributed by atoms with Crippen LogP contribution in [0.15, 0.2) is 18.2 Å². The van der Waals surface area contributed by atoms with Crippen LogP contribution in [0, 0.1) is 0 Å². The van der Waals surface area contributed by atoms with Crippen LogP contribution >= 0.6 is 0 Å². The second-order valence-electron chi connectivity index (χ2n) is 4.90. The van der Waals surface area contributed by atoms with Gasteiger partial charge in [-0.25, -0.2) is 0 Å². The van der Waals surface area contributed by atoms with Crippen molar-refractivity contribution in [3.63, 3.8) is 0 Å². The molecule has 3 nitrogen and oxygen atoms in total. The molecule has 3 N–H and O–H groups in total. The molecule has 0 spiro atoms. The van der Waals surface area contributed by atoms with E-state index in [0.29, 0.717) is 6.92 Å². The molecule has 0 bridgehead atoms. The Hall–Kier alpha value is -1.27. The molecule has 0 radical (unpaired) electrons. The van der Waals surface area contributed by atoms with Gasteiger partial charge in [-0.15, -0.1) is 0 Å². The minimum Gasteiger partial charge on any atom is -0.508 e. The second kappa shape index (κ2) is 4.13. The van der Waals surface area contributed by atoms with Crippen LogP contribution in [0.3, 0.4) is 0 Å². The first kappa shape index (κ1) is 14.8. The molecule has 0 heterocycles. The van der Waals surface area contributed by atoms with Crippen molar-refractivity contribution in [3.8, 4) is 5.75 Å². The van der Waals surface area contributed by atoms with Crippen LogP contribution in [0.5, 0.6) is 5.75 Å². The van der Waals surface area contributed by atoms with E-state index >= 15 is 0 Å². The molecule has 0 aliphatic carbocycles. The van der Waals surface area contributed by atoms with Gasteiger partial charge in [-0.3, -0.25) is 0 Å². The lowest BCUT2D eigenvalue weighted by Crippen LogP contribution is -2.39. The highest BCUT2D eigenvalue weighted by molar-refractivity contribution is 5.39. The number of alkyl halides is 3. The summed E-state index contributed by atoms with van der Waals surface area (Å²) in [5, 5.41) is 28.6. The van der Waals surface area contributed by atoms with Crippen molar-refractivity contribution in [1.29, 1.82) is 0 Å². The summed E-state index contributed by atoms with van der Waals surface area (Å²) >= 11 is 0. The lowest BCUT2D eigenvalue weighted by molar-refractivity contribution is -0.258. The highest BCUT2D eigenvalue weighted by Crippen LogP contribution is 2.40. The first-order valence-electron chi connectivity index (χ1n) is 5.22. The van der Waals surface area contributed by atoms with Gasteiger partial charge < -0.3 is 15.3 Å². The van der Waals surface area contributed by atoms with Gasteiger partial charge in [0.05, 0.1) is 5.60 Å². The van der Waals surface area contributed by atoms with Gasteiger partial charge in [0.2, 0.25) is 0 Å². The molecule has 1 aromatic carbocycles. The van der Waals surface area contributed by atoms with Gasteiger partial charge in [-0.1, -0.05) is 0 Å². The van der Waals surface area contributed by atoms with Crippen molar-refractivity contribution in [3.05, 3.63) is 29.3 Å². The molecule has 0 fully saturated rings. The molecule has 6 heteroatoms. The van der Waals surface area contributed by atoms with Crippen LogP contribution in [0.1, 0.15) is 31.9 Å². The Kier molecular flexibility index (Phi) is 3.40. The highest BCUT2D eigenvalue weighted by Gasteiger charge is 2.51. The molecule has 0 aliphatic heterocycles. The maximum absolute atomic E-state index is 12.7. The Morgan fingerprint density at radius 3 is 1.72 bits per heavy atom. The Labute approximate surface area is 103 Å². The Morgan fingerprint density at radius 2 is 1.33 bits per heavy atom. The van der Waals surface area contributed by atoms with Crippen molar-refractivity contribution >= 4 is 0 Å². The van der Waals surface area contributed by atoms with E-state index in [4.69, 9.17) is 0 Å². The minimum absolute atomic E-state index is 0.0852. The van der Waals surface area contributed by atoms with E-state index in [2.05, 4.69) is 0 Å². The van der Waals surface area contributed by atoms with Crippen molar-refractivity contribution in [2.24, 2.45) is 0 Å². The zero-order valence-electron chi connectivity index (χ0n) is 10.2. The zero-order chi connectivity index (χ0) is 14.4. The Bertz CT molecular complexity index is 445. The first-order chi connectivity index (χ1) is 7.85. The number of hydrogen-bond acceptors (Lipinski definition) is 3. The third kappa shape index (κ3) is 2.76. The summed E-state index contributed by atoms with van der Waals surface area (Å²) in [6, 6.07) is 2.99.